The molecule has 1 spiro atoms. The van der Waals surface area contributed by atoms with Crippen LogP contribution in [-0.4, -0.2) is 50.9 Å². The molecule has 0 amide bonds. The van der Waals surface area contributed by atoms with Crippen LogP contribution in [0.1, 0.15) is 50.7 Å². The van der Waals surface area contributed by atoms with Crippen LogP contribution >= 0.6 is 0 Å². The second-order valence-electron chi connectivity index (χ2n) is 8.89. The first kappa shape index (κ1) is 23.5. The first-order valence-corrected chi connectivity index (χ1v) is 12.0. The quantitative estimate of drug-likeness (QED) is 0.719. The highest BCUT2D eigenvalue weighted by Crippen LogP contribution is 2.41. The van der Waals surface area contributed by atoms with Gasteiger partial charge in [-0.15, -0.1) is 0 Å². The molecule has 0 aliphatic carbocycles. The highest BCUT2D eigenvalue weighted by molar-refractivity contribution is 7.90. The van der Waals surface area contributed by atoms with Gasteiger partial charge in [0.15, 0.2) is 0 Å². The fourth-order valence-corrected chi connectivity index (χ4v) is 4.89. The maximum Gasteiger partial charge on any atom is 0.416 e. The SMILES string of the molecule is CC(C)S(=O)(=O)NCC1CCC2(CCN(Cc3cccc(C(F)(F)F)c3)CC2)CO1. The third kappa shape index (κ3) is 5.96. The molecule has 2 fully saturated rings. The largest absolute Gasteiger partial charge is 0.416 e. The molecule has 2 saturated heterocycles. The Balaban J connectivity index is 1.46. The Morgan fingerprint density at radius 3 is 2.50 bits per heavy atom. The van der Waals surface area contributed by atoms with Crippen LogP contribution in [0.3, 0.4) is 0 Å². The number of alkyl halides is 3. The van der Waals surface area contributed by atoms with E-state index in [0.29, 0.717) is 25.3 Å². The Morgan fingerprint density at radius 1 is 1.23 bits per heavy atom. The zero-order valence-corrected chi connectivity index (χ0v) is 18.4. The summed E-state index contributed by atoms with van der Waals surface area (Å²) in [5.74, 6) is 0. The van der Waals surface area contributed by atoms with Crippen molar-refractivity contribution < 1.29 is 26.3 Å². The van der Waals surface area contributed by atoms with E-state index in [1.165, 1.54) is 12.1 Å². The predicted molar refractivity (Wildman–Crippen MR) is 109 cm³/mol. The number of halogens is 3. The standard InChI is InChI=1S/C21H31F3N2O3S/c1-16(2)30(27,28)25-13-19-6-7-20(15-29-19)8-10-26(11-9-20)14-17-4-3-5-18(12-17)21(22,23)24/h3-5,12,16,19,25H,6-11,13-15H2,1-2H3. The van der Waals surface area contributed by atoms with Crippen molar-refractivity contribution in [1.29, 1.82) is 0 Å². The summed E-state index contributed by atoms with van der Waals surface area (Å²) in [7, 11) is -3.29. The number of hydrogen-bond donors (Lipinski definition) is 1. The van der Waals surface area contributed by atoms with Crippen LogP contribution in [0.2, 0.25) is 0 Å². The van der Waals surface area contributed by atoms with Gasteiger partial charge in [0, 0.05) is 13.1 Å². The molecule has 30 heavy (non-hydrogen) atoms. The van der Waals surface area contributed by atoms with Crippen molar-refractivity contribution in [3.8, 4) is 0 Å². The van der Waals surface area contributed by atoms with Gasteiger partial charge in [-0.25, -0.2) is 13.1 Å². The van der Waals surface area contributed by atoms with E-state index >= 15 is 0 Å². The van der Waals surface area contributed by atoms with Crippen molar-refractivity contribution in [2.45, 2.75) is 63.6 Å². The maximum atomic E-state index is 12.9. The molecular weight excluding hydrogens is 417 g/mol. The minimum atomic E-state index is -4.32. The van der Waals surface area contributed by atoms with Crippen molar-refractivity contribution in [2.24, 2.45) is 5.41 Å². The molecular formula is C21H31F3N2O3S. The van der Waals surface area contributed by atoms with Crippen molar-refractivity contribution in [3.05, 3.63) is 35.4 Å². The number of nitrogens with one attached hydrogen (secondary N) is 1. The summed E-state index contributed by atoms with van der Waals surface area (Å²) in [6, 6.07) is 5.54. The van der Waals surface area contributed by atoms with E-state index in [-0.39, 0.29) is 11.5 Å². The fraction of sp³-hybridized carbons (Fsp3) is 0.714. The molecule has 1 N–H and O–H groups in total. The van der Waals surface area contributed by atoms with E-state index in [0.717, 1.165) is 44.8 Å². The molecule has 3 rings (SSSR count). The average molecular weight is 449 g/mol. The van der Waals surface area contributed by atoms with E-state index in [1.807, 2.05) is 0 Å². The summed E-state index contributed by atoms with van der Waals surface area (Å²) in [5, 5.41) is -0.464. The first-order valence-electron chi connectivity index (χ1n) is 10.5. The number of benzene rings is 1. The normalized spacial score (nSPS) is 23.2. The molecule has 0 aromatic heterocycles. The smallest absolute Gasteiger partial charge is 0.376 e. The highest BCUT2D eigenvalue weighted by Gasteiger charge is 2.39. The summed E-state index contributed by atoms with van der Waals surface area (Å²) < 4.78 is 71.1. The topological polar surface area (TPSA) is 58.6 Å². The maximum absolute atomic E-state index is 12.9. The van der Waals surface area contributed by atoms with Crippen molar-refractivity contribution in [2.75, 3.05) is 26.2 Å². The summed E-state index contributed by atoms with van der Waals surface area (Å²) in [5.41, 5.74) is 0.170. The predicted octanol–water partition coefficient (Wildman–Crippen LogP) is 3.79. The molecule has 0 bridgehead atoms. The summed E-state index contributed by atoms with van der Waals surface area (Å²) in [6.07, 6.45) is -0.742. The van der Waals surface area contributed by atoms with Crippen LogP contribution in [0.5, 0.6) is 0 Å². The second kappa shape index (κ2) is 9.14. The van der Waals surface area contributed by atoms with Crippen LogP contribution in [-0.2, 0) is 27.5 Å². The molecule has 1 unspecified atom stereocenters. The van der Waals surface area contributed by atoms with Crippen LogP contribution in [0, 0.1) is 5.41 Å². The zero-order valence-electron chi connectivity index (χ0n) is 17.5. The Labute approximate surface area is 177 Å². The van der Waals surface area contributed by atoms with Crippen molar-refractivity contribution in [1.82, 2.24) is 9.62 Å². The van der Waals surface area contributed by atoms with Gasteiger partial charge in [0.1, 0.15) is 0 Å². The lowest BCUT2D eigenvalue weighted by molar-refractivity contribution is -0.137. The van der Waals surface area contributed by atoms with Gasteiger partial charge in [0.25, 0.3) is 0 Å². The molecule has 170 valence electrons. The molecule has 0 saturated carbocycles. The highest BCUT2D eigenvalue weighted by atomic mass is 32.2. The van der Waals surface area contributed by atoms with Crippen LogP contribution in [0.4, 0.5) is 13.2 Å². The van der Waals surface area contributed by atoms with Gasteiger partial charge in [-0.2, -0.15) is 13.2 Å². The number of sulfonamides is 1. The third-order valence-electron chi connectivity index (χ3n) is 6.33. The molecule has 2 aliphatic rings. The zero-order chi connectivity index (χ0) is 22.0. The summed E-state index contributed by atoms with van der Waals surface area (Å²) in [6.45, 7) is 6.37. The lowest BCUT2D eigenvalue weighted by Crippen LogP contribution is -2.47. The lowest BCUT2D eigenvalue weighted by atomic mass is 9.73. The molecule has 2 aliphatic heterocycles. The number of likely N-dealkylation sites (tertiary alicyclic amines) is 1. The van der Waals surface area contributed by atoms with E-state index < -0.39 is 27.0 Å². The molecule has 1 aromatic carbocycles. The van der Waals surface area contributed by atoms with Gasteiger partial charge in [-0.3, -0.25) is 4.90 Å². The van der Waals surface area contributed by atoms with E-state index in [1.54, 1.807) is 19.9 Å². The fourth-order valence-electron chi connectivity index (χ4n) is 4.14. The molecule has 1 atom stereocenters. The van der Waals surface area contributed by atoms with Crippen LogP contribution in [0.15, 0.2) is 24.3 Å². The Kier molecular flexibility index (Phi) is 7.16. The minimum Gasteiger partial charge on any atom is -0.376 e. The van der Waals surface area contributed by atoms with E-state index in [9.17, 15) is 21.6 Å². The van der Waals surface area contributed by atoms with E-state index in [4.69, 9.17) is 4.74 Å². The van der Waals surface area contributed by atoms with Crippen LogP contribution in [0.25, 0.3) is 0 Å². The van der Waals surface area contributed by atoms with Crippen LogP contribution < -0.4 is 4.72 Å². The molecule has 9 heteroatoms. The molecule has 1 aromatic rings. The number of hydrogen-bond acceptors (Lipinski definition) is 4. The average Bonchev–Trinajstić information content (AvgIpc) is 2.69. The second-order valence-corrected chi connectivity index (χ2v) is 11.2. The lowest BCUT2D eigenvalue weighted by Gasteiger charge is -2.45. The first-order chi connectivity index (χ1) is 14.0. The van der Waals surface area contributed by atoms with Crippen molar-refractivity contribution in [3.63, 3.8) is 0 Å². The summed E-state index contributed by atoms with van der Waals surface area (Å²) in [4.78, 5) is 2.20. The molecule has 2 heterocycles. The Bertz CT molecular complexity index is 809. The van der Waals surface area contributed by atoms with Crippen molar-refractivity contribution >= 4 is 10.0 Å². The van der Waals surface area contributed by atoms with E-state index in [2.05, 4.69) is 9.62 Å². The van der Waals surface area contributed by atoms with Gasteiger partial charge in [-0.1, -0.05) is 18.2 Å². The number of piperidine rings is 1. The molecule has 5 nitrogen and oxygen atoms in total. The third-order valence-corrected chi connectivity index (χ3v) is 8.14. The Morgan fingerprint density at radius 2 is 1.93 bits per heavy atom. The molecule has 0 radical (unpaired) electrons. The van der Waals surface area contributed by atoms with Gasteiger partial charge < -0.3 is 4.74 Å². The summed E-state index contributed by atoms with van der Waals surface area (Å²) >= 11 is 0. The number of nitrogens with zero attached hydrogens (tertiary/aromatic N) is 1. The monoisotopic (exact) mass is 448 g/mol. The van der Waals surface area contributed by atoms with Gasteiger partial charge >= 0.3 is 6.18 Å². The number of ether oxygens (including phenoxy) is 1. The minimum absolute atomic E-state index is 0.0950. The van der Waals surface area contributed by atoms with Gasteiger partial charge in [0.2, 0.25) is 10.0 Å². The number of rotatable bonds is 6. The Hall–Kier alpha value is -1.16. The van der Waals surface area contributed by atoms with Gasteiger partial charge in [-0.05, 0) is 69.7 Å². The van der Waals surface area contributed by atoms with Gasteiger partial charge in [0.05, 0.1) is 23.5 Å².